The zero-order chi connectivity index (χ0) is 11.3. The Balaban J connectivity index is 2.40. The predicted octanol–water partition coefficient (Wildman–Crippen LogP) is -0.111. The molecule has 5 heteroatoms. The molecule has 15 heavy (non-hydrogen) atoms. The molecule has 5 nitrogen and oxygen atoms in total. The zero-order valence-corrected chi connectivity index (χ0v) is 9.07. The van der Waals surface area contributed by atoms with Gasteiger partial charge >= 0.3 is 5.97 Å². The van der Waals surface area contributed by atoms with Gasteiger partial charge in [0.1, 0.15) is 0 Å². The van der Waals surface area contributed by atoms with E-state index in [1.54, 1.807) is 11.8 Å². The number of rotatable bonds is 3. The molecule has 1 rings (SSSR count). The predicted molar refractivity (Wildman–Crippen MR) is 55.0 cm³/mol. The first kappa shape index (κ1) is 12.0. The van der Waals surface area contributed by atoms with E-state index < -0.39 is 12.1 Å². The van der Waals surface area contributed by atoms with Gasteiger partial charge in [0.25, 0.3) is 5.91 Å². The molecule has 0 bridgehead atoms. The van der Waals surface area contributed by atoms with Crippen LogP contribution in [0.2, 0.25) is 0 Å². The molecule has 1 heterocycles. The van der Waals surface area contributed by atoms with Gasteiger partial charge in [0.05, 0.1) is 6.54 Å². The molecule has 1 amide bonds. The quantitative estimate of drug-likeness (QED) is 0.665. The number of amides is 1. The van der Waals surface area contributed by atoms with E-state index in [9.17, 15) is 9.59 Å². The van der Waals surface area contributed by atoms with Crippen LogP contribution in [0.3, 0.4) is 0 Å². The average Bonchev–Trinajstić information content (AvgIpc) is 2.29. The molecular formula is C10H18N2O3. The third kappa shape index (κ3) is 3.51. The number of piperidine rings is 1. The maximum atomic E-state index is 11.8. The Morgan fingerprint density at radius 3 is 2.47 bits per heavy atom. The normalized spacial score (nSPS) is 18.4. The molecule has 0 aromatic rings. The molecular weight excluding hydrogens is 196 g/mol. The molecule has 0 saturated carbocycles. The van der Waals surface area contributed by atoms with Gasteiger partial charge in [-0.05, 0) is 26.2 Å². The fourth-order valence-electron chi connectivity index (χ4n) is 1.67. The van der Waals surface area contributed by atoms with E-state index in [1.807, 2.05) is 0 Å². The summed E-state index contributed by atoms with van der Waals surface area (Å²) in [5.41, 5.74) is 5.10. The summed E-state index contributed by atoms with van der Waals surface area (Å²) >= 11 is 0. The van der Waals surface area contributed by atoms with Gasteiger partial charge < -0.3 is 15.4 Å². The second-order valence-electron chi connectivity index (χ2n) is 3.72. The lowest BCUT2D eigenvalue weighted by molar-refractivity contribution is -0.158. The van der Waals surface area contributed by atoms with E-state index in [0.29, 0.717) is 0 Å². The highest BCUT2D eigenvalue weighted by atomic mass is 16.5. The molecule has 0 spiro atoms. The van der Waals surface area contributed by atoms with Crippen molar-refractivity contribution in [2.24, 2.45) is 5.73 Å². The van der Waals surface area contributed by atoms with E-state index in [0.717, 1.165) is 25.9 Å². The minimum Gasteiger partial charge on any atom is -0.452 e. The highest BCUT2D eigenvalue weighted by Crippen LogP contribution is 2.10. The van der Waals surface area contributed by atoms with Gasteiger partial charge in [-0.2, -0.15) is 0 Å². The first-order valence-corrected chi connectivity index (χ1v) is 5.33. The van der Waals surface area contributed by atoms with Crippen LogP contribution in [0.5, 0.6) is 0 Å². The smallest absolute Gasteiger partial charge is 0.320 e. The molecule has 1 atom stereocenters. The maximum absolute atomic E-state index is 11.8. The number of hydrogen-bond donors (Lipinski definition) is 1. The number of nitrogens with zero attached hydrogens (tertiary/aromatic N) is 1. The minimum atomic E-state index is -0.709. The van der Waals surface area contributed by atoms with Crippen molar-refractivity contribution < 1.29 is 14.3 Å². The van der Waals surface area contributed by atoms with Gasteiger partial charge in [-0.15, -0.1) is 0 Å². The van der Waals surface area contributed by atoms with Crippen molar-refractivity contribution in [1.82, 2.24) is 4.90 Å². The Morgan fingerprint density at radius 2 is 1.93 bits per heavy atom. The van der Waals surface area contributed by atoms with Crippen molar-refractivity contribution >= 4 is 11.9 Å². The number of carbonyl (C=O) groups excluding carboxylic acids is 2. The Kier molecular flexibility index (Phi) is 4.55. The second-order valence-corrected chi connectivity index (χ2v) is 3.72. The number of esters is 1. The number of likely N-dealkylation sites (tertiary alicyclic amines) is 1. The van der Waals surface area contributed by atoms with Crippen LogP contribution >= 0.6 is 0 Å². The Bertz CT molecular complexity index is 237. The third-order valence-electron chi connectivity index (χ3n) is 2.49. The van der Waals surface area contributed by atoms with Crippen LogP contribution in [-0.4, -0.2) is 42.5 Å². The molecule has 1 fully saturated rings. The topological polar surface area (TPSA) is 72.6 Å². The lowest BCUT2D eigenvalue weighted by atomic mass is 10.1. The fraction of sp³-hybridized carbons (Fsp3) is 0.800. The van der Waals surface area contributed by atoms with Crippen molar-refractivity contribution in [3.63, 3.8) is 0 Å². The van der Waals surface area contributed by atoms with Gasteiger partial charge in [0.15, 0.2) is 6.10 Å². The van der Waals surface area contributed by atoms with E-state index in [-0.39, 0.29) is 12.5 Å². The van der Waals surface area contributed by atoms with E-state index in [1.165, 1.54) is 6.42 Å². The minimum absolute atomic E-state index is 0.114. The summed E-state index contributed by atoms with van der Waals surface area (Å²) in [5, 5.41) is 0. The molecule has 0 aromatic carbocycles. The first-order valence-electron chi connectivity index (χ1n) is 5.33. The van der Waals surface area contributed by atoms with Crippen LogP contribution in [-0.2, 0) is 14.3 Å². The SMILES string of the molecule is CC(OC(=O)CN)C(=O)N1CCCCC1. The molecule has 0 radical (unpaired) electrons. The highest BCUT2D eigenvalue weighted by molar-refractivity contribution is 5.83. The average molecular weight is 214 g/mol. The summed E-state index contributed by atoms with van der Waals surface area (Å²) in [6.45, 7) is 2.94. The van der Waals surface area contributed by atoms with E-state index >= 15 is 0 Å². The molecule has 0 aliphatic carbocycles. The lowest BCUT2D eigenvalue weighted by Crippen LogP contribution is -2.43. The number of ether oxygens (including phenoxy) is 1. The molecule has 86 valence electrons. The summed E-state index contributed by atoms with van der Waals surface area (Å²) in [6.07, 6.45) is 2.52. The molecule has 1 aliphatic heterocycles. The highest BCUT2D eigenvalue weighted by Gasteiger charge is 2.24. The molecule has 0 aromatic heterocycles. The number of carbonyl (C=O) groups is 2. The number of nitrogens with two attached hydrogens (primary N) is 1. The van der Waals surface area contributed by atoms with Crippen molar-refractivity contribution in [3.05, 3.63) is 0 Å². The van der Waals surface area contributed by atoms with Crippen molar-refractivity contribution in [1.29, 1.82) is 0 Å². The van der Waals surface area contributed by atoms with Gasteiger partial charge in [0.2, 0.25) is 0 Å². The monoisotopic (exact) mass is 214 g/mol. The van der Waals surface area contributed by atoms with Gasteiger partial charge in [-0.1, -0.05) is 0 Å². The van der Waals surface area contributed by atoms with Crippen LogP contribution in [0.15, 0.2) is 0 Å². The number of hydrogen-bond acceptors (Lipinski definition) is 4. The first-order chi connectivity index (χ1) is 7.15. The summed E-state index contributed by atoms with van der Waals surface area (Å²) in [6, 6.07) is 0. The largest absolute Gasteiger partial charge is 0.452 e. The second kappa shape index (κ2) is 5.70. The van der Waals surface area contributed by atoms with Crippen LogP contribution in [0.1, 0.15) is 26.2 Å². The van der Waals surface area contributed by atoms with Gasteiger partial charge in [-0.25, -0.2) is 0 Å². The zero-order valence-electron chi connectivity index (χ0n) is 9.07. The van der Waals surface area contributed by atoms with E-state index in [4.69, 9.17) is 10.5 Å². The Hall–Kier alpha value is -1.10. The molecule has 1 unspecified atom stereocenters. The molecule has 1 saturated heterocycles. The summed E-state index contributed by atoms with van der Waals surface area (Å²) in [4.78, 5) is 24.4. The summed E-state index contributed by atoms with van der Waals surface area (Å²) in [7, 11) is 0. The molecule has 2 N–H and O–H groups in total. The van der Waals surface area contributed by atoms with Crippen LogP contribution in [0, 0.1) is 0 Å². The van der Waals surface area contributed by atoms with Crippen LogP contribution in [0.4, 0.5) is 0 Å². The van der Waals surface area contributed by atoms with Crippen molar-refractivity contribution in [2.45, 2.75) is 32.3 Å². The standard InChI is InChI=1S/C10H18N2O3/c1-8(15-9(13)7-11)10(14)12-5-3-2-4-6-12/h8H,2-7,11H2,1H3. The lowest BCUT2D eigenvalue weighted by Gasteiger charge is -2.28. The van der Waals surface area contributed by atoms with Crippen LogP contribution in [0.25, 0.3) is 0 Å². The molecule has 1 aliphatic rings. The van der Waals surface area contributed by atoms with E-state index in [2.05, 4.69) is 0 Å². The third-order valence-corrected chi connectivity index (χ3v) is 2.49. The Morgan fingerprint density at radius 1 is 1.33 bits per heavy atom. The van der Waals surface area contributed by atoms with Crippen LogP contribution < -0.4 is 5.73 Å². The maximum Gasteiger partial charge on any atom is 0.320 e. The fourth-order valence-corrected chi connectivity index (χ4v) is 1.67. The summed E-state index contributed by atoms with van der Waals surface area (Å²) < 4.78 is 4.86. The Labute approximate surface area is 89.6 Å². The summed E-state index contributed by atoms with van der Waals surface area (Å²) in [5.74, 6) is -0.649. The van der Waals surface area contributed by atoms with Gasteiger partial charge in [-0.3, -0.25) is 9.59 Å². The van der Waals surface area contributed by atoms with Gasteiger partial charge in [0, 0.05) is 13.1 Å². The van der Waals surface area contributed by atoms with Crippen molar-refractivity contribution in [2.75, 3.05) is 19.6 Å². The van der Waals surface area contributed by atoms with Crippen molar-refractivity contribution in [3.8, 4) is 0 Å².